The summed E-state index contributed by atoms with van der Waals surface area (Å²) in [5.41, 5.74) is 5.99. The van der Waals surface area contributed by atoms with Gasteiger partial charge in [0.05, 0.1) is 5.92 Å². The monoisotopic (exact) mass is 236 g/mol. The predicted octanol–water partition coefficient (Wildman–Crippen LogP) is 1.52. The van der Waals surface area contributed by atoms with Crippen LogP contribution < -0.4 is 5.73 Å². The molecule has 1 aliphatic heterocycles. The summed E-state index contributed by atoms with van der Waals surface area (Å²) in [5, 5.41) is 0. The first kappa shape index (κ1) is 12.0. The first-order valence-corrected chi connectivity index (χ1v) is 5.92. The van der Waals surface area contributed by atoms with E-state index >= 15 is 0 Å². The molecule has 0 saturated carbocycles. The maximum Gasteiger partial charge on any atom is 0.221 e. The number of nitrogens with zero attached hydrogens (tertiary/aromatic N) is 1. The Balaban J connectivity index is 1.99. The van der Waals surface area contributed by atoms with Crippen LogP contribution in [0, 0.1) is 11.7 Å². The third-order valence-electron chi connectivity index (χ3n) is 3.26. The number of carbonyl (C=O) groups excluding carboxylic acids is 1. The number of primary amides is 1. The van der Waals surface area contributed by atoms with E-state index in [-0.39, 0.29) is 17.6 Å². The average molecular weight is 236 g/mol. The number of piperidine rings is 1. The maximum atomic E-state index is 13.5. The fourth-order valence-corrected chi connectivity index (χ4v) is 2.30. The van der Waals surface area contributed by atoms with Crippen molar-refractivity contribution in [2.75, 3.05) is 13.1 Å². The van der Waals surface area contributed by atoms with Crippen molar-refractivity contribution in [1.29, 1.82) is 0 Å². The summed E-state index contributed by atoms with van der Waals surface area (Å²) in [6.07, 6.45) is 1.80. The van der Waals surface area contributed by atoms with Gasteiger partial charge in [-0.3, -0.25) is 9.69 Å². The molecule has 1 aromatic carbocycles. The van der Waals surface area contributed by atoms with Crippen LogP contribution >= 0.6 is 0 Å². The smallest absolute Gasteiger partial charge is 0.221 e. The van der Waals surface area contributed by atoms with Crippen LogP contribution in [-0.2, 0) is 11.3 Å². The maximum absolute atomic E-state index is 13.5. The van der Waals surface area contributed by atoms with Crippen molar-refractivity contribution in [1.82, 2.24) is 4.90 Å². The van der Waals surface area contributed by atoms with Crippen molar-refractivity contribution >= 4 is 5.91 Å². The van der Waals surface area contributed by atoms with Crippen LogP contribution in [0.15, 0.2) is 24.3 Å². The van der Waals surface area contributed by atoms with Crippen molar-refractivity contribution in [3.05, 3.63) is 35.6 Å². The van der Waals surface area contributed by atoms with Crippen LogP contribution in [0.1, 0.15) is 18.4 Å². The average Bonchev–Trinajstić information content (AvgIpc) is 2.32. The highest BCUT2D eigenvalue weighted by molar-refractivity contribution is 5.76. The van der Waals surface area contributed by atoms with Crippen LogP contribution in [0.3, 0.4) is 0 Å². The SMILES string of the molecule is NC(=O)[C@H]1CCCN(Cc2ccccc2F)C1. The normalized spacial score (nSPS) is 21.4. The Morgan fingerprint density at radius 3 is 2.94 bits per heavy atom. The second-order valence-corrected chi connectivity index (χ2v) is 4.57. The van der Waals surface area contributed by atoms with Gasteiger partial charge in [-0.05, 0) is 25.5 Å². The number of amides is 1. The second kappa shape index (κ2) is 5.27. The van der Waals surface area contributed by atoms with Gasteiger partial charge in [-0.2, -0.15) is 0 Å². The van der Waals surface area contributed by atoms with Gasteiger partial charge in [-0.1, -0.05) is 18.2 Å². The number of nitrogens with two attached hydrogens (primary N) is 1. The molecular weight excluding hydrogens is 219 g/mol. The largest absolute Gasteiger partial charge is 0.369 e. The van der Waals surface area contributed by atoms with Gasteiger partial charge in [0, 0.05) is 18.7 Å². The number of likely N-dealkylation sites (tertiary alicyclic amines) is 1. The summed E-state index contributed by atoms with van der Waals surface area (Å²) in [4.78, 5) is 13.2. The van der Waals surface area contributed by atoms with Gasteiger partial charge in [0.2, 0.25) is 5.91 Å². The Morgan fingerprint density at radius 2 is 2.24 bits per heavy atom. The minimum atomic E-state index is -0.247. The lowest BCUT2D eigenvalue weighted by atomic mass is 9.97. The molecule has 1 fully saturated rings. The van der Waals surface area contributed by atoms with Crippen LogP contribution in [0.25, 0.3) is 0 Å². The molecule has 4 heteroatoms. The molecule has 17 heavy (non-hydrogen) atoms. The Morgan fingerprint density at radius 1 is 1.47 bits per heavy atom. The number of hydrogen-bond acceptors (Lipinski definition) is 2. The third kappa shape index (κ3) is 3.03. The molecular formula is C13H17FN2O. The quantitative estimate of drug-likeness (QED) is 0.865. The van der Waals surface area contributed by atoms with Gasteiger partial charge in [-0.15, -0.1) is 0 Å². The van der Waals surface area contributed by atoms with E-state index in [0.717, 1.165) is 19.4 Å². The van der Waals surface area contributed by atoms with Gasteiger partial charge >= 0.3 is 0 Å². The summed E-state index contributed by atoms with van der Waals surface area (Å²) in [6.45, 7) is 2.10. The van der Waals surface area contributed by atoms with Gasteiger partial charge in [-0.25, -0.2) is 4.39 Å². The van der Waals surface area contributed by atoms with E-state index in [9.17, 15) is 9.18 Å². The standard InChI is InChI=1S/C13H17FN2O/c14-12-6-2-1-4-10(12)8-16-7-3-5-11(9-16)13(15)17/h1-2,4,6,11H,3,5,7-9H2,(H2,15,17)/t11-/m0/s1. The molecule has 92 valence electrons. The van der Waals surface area contributed by atoms with Crippen molar-refractivity contribution in [2.45, 2.75) is 19.4 Å². The molecule has 1 amide bonds. The van der Waals surface area contributed by atoms with E-state index in [1.165, 1.54) is 6.07 Å². The molecule has 0 radical (unpaired) electrons. The Hall–Kier alpha value is -1.42. The molecule has 0 bridgehead atoms. The van der Waals surface area contributed by atoms with Crippen molar-refractivity contribution < 1.29 is 9.18 Å². The minimum absolute atomic E-state index is 0.0875. The highest BCUT2D eigenvalue weighted by Crippen LogP contribution is 2.19. The van der Waals surface area contributed by atoms with Gasteiger partial charge < -0.3 is 5.73 Å². The van der Waals surface area contributed by atoms with Crippen molar-refractivity contribution in [3.63, 3.8) is 0 Å². The molecule has 3 nitrogen and oxygen atoms in total. The van der Waals surface area contributed by atoms with Crippen LogP contribution in [0.4, 0.5) is 4.39 Å². The van der Waals surface area contributed by atoms with Gasteiger partial charge in [0.1, 0.15) is 5.82 Å². The first-order valence-electron chi connectivity index (χ1n) is 5.92. The van der Waals surface area contributed by atoms with E-state index in [0.29, 0.717) is 18.7 Å². The lowest BCUT2D eigenvalue weighted by Gasteiger charge is -2.31. The van der Waals surface area contributed by atoms with Crippen molar-refractivity contribution in [3.8, 4) is 0 Å². The number of benzene rings is 1. The number of hydrogen-bond donors (Lipinski definition) is 1. The highest BCUT2D eigenvalue weighted by Gasteiger charge is 2.24. The second-order valence-electron chi connectivity index (χ2n) is 4.57. The predicted molar refractivity (Wildman–Crippen MR) is 63.6 cm³/mol. The molecule has 1 aliphatic rings. The Labute approximate surface area is 100 Å². The van der Waals surface area contributed by atoms with Crippen molar-refractivity contribution in [2.24, 2.45) is 11.7 Å². The van der Waals surface area contributed by atoms with E-state index in [4.69, 9.17) is 5.73 Å². The van der Waals surface area contributed by atoms with Gasteiger partial charge in [0.25, 0.3) is 0 Å². The topological polar surface area (TPSA) is 46.3 Å². The van der Waals surface area contributed by atoms with Gasteiger partial charge in [0.15, 0.2) is 0 Å². The van der Waals surface area contributed by atoms with E-state index < -0.39 is 0 Å². The summed E-state index contributed by atoms with van der Waals surface area (Å²) in [7, 11) is 0. The molecule has 2 rings (SSSR count). The zero-order valence-corrected chi connectivity index (χ0v) is 9.73. The molecule has 2 N–H and O–H groups in total. The highest BCUT2D eigenvalue weighted by atomic mass is 19.1. The fourth-order valence-electron chi connectivity index (χ4n) is 2.30. The molecule has 1 atom stereocenters. The lowest BCUT2D eigenvalue weighted by Crippen LogP contribution is -2.40. The summed E-state index contributed by atoms with van der Waals surface area (Å²) >= 11 is 0. The molecule has 0 aliphatic carbocycles. The Kier molecular flexibility index (Phi) is 3.74. The van der Waals surface area contributed by atoms with Crippen LogP contribution in [0.2, 0.25) is 0 Å². The third-order valence-corrected chi connectivity index (χ3v) is 3.26. The minimum Gasteiger partial charge on any atom is -0.369 e. The van der Waals surface area contributed by atoms with E-state index in [2.05, 4.69) is 4.90 Å². The zero-order valence-electron chi connectivity index (χ0n) is 9.73. The molecule has 1 aromatic rings. The van der Waals surface area contributed by atoms with Crippen LogP contribution in [-0.4, -0.2) is 23.9 Å². The zero-order chi connectivity index (χ0) is 12.3. The number of rotatable bonds is 3. The van der Waals surface area contributed by atoms with E-state index in [1.54, 1.807) is 12.1 Å². The first-order chi connectivity index (χ1) is 8.16. The molecule has 0 spiro atoms. The number of halogens is 1. The van der Waals surface area contributed by atoms with Crippen LogP contribution in [0.5, 0.6) is 0 Å². The molecule has 0 aromatic heterocycles. The molecule has 0 unspecified atom stereocenters. The number of carbonyl (C=O) groups is 1. The summed E-state index contributed by atoms with van der Waals surface area (Å²) in [6, 6.07) is 6.75. The fraction of sp³-hybridized carbons (Fsp3) is 0.462. The Bertz CT molecular complexity index is 408. The molecule has 1 saturated heterocycles. The summed E-state index contributed by atoms with van der Waals surface area (Å²) < 4.78 is 13.5. The van der Waals surface area contributed by atoms with E-state index in [1.807, 2.05) is 6.07 Å². The molecule has 1 heterocycles. The summed E-state index contributed by atoms with van der Waals surface area (Å²) in [5.74, 6) is -0.521. The lowest BCUT2D eigenvalue weighted by molar-refractivity contribution is -0.123.